The van der Waals surface area contributed by atoms with Crippen molar-refractivity contribution in [3.05, 3.63) is 28.5 Å². The predicted octanol–water partition coefficient (Wildman–Crippen LogP) is 0.887. The maximum atomic E-state index is 13.0. The molecule has 1 heterocycles. The molecule has 20 heavy (non-hydrogen) atoms. The molecule has 0 spiro atoms. The molecule has 0 saturated carbocycles. The molecule has 0 bridgehead atoms. The third kappa shape index (κ3) is 3.37. The van der Waals surface area contributed by atoms with Crippen molar-refractivity contribution in [2.75, 3.05) is 39.3 Å². The van der Waals surface area contributed by atoms with E-state index in [0.717, 1.165) is 12.1 Å². The second kappa shape index (κ2) is 6.48. The molecule has 112 valence electrons. The summed E-state index contributed by atoms with van der Waals surface area (Å²) in [6.45, 7) is 2.51. The van der Waals surface area contributed by atoms with Gasteiger partial charge in [-0.25, -0.2) is 12.8 Å². The Morgan fingerprint density at radius 3 is 2.45 bits per heavy atom. The summed E-state index contributed by atoms with van der Waals surface area (Å²) >= 11 is 3.10. The number of hydrogen-bond acceptors (Lipinski definition) is 4. The topological polar surface area (TPSA) is 60.9 Å². The fraction of sp³-hybridized carbons (Fsp3) is 0.500. The first-order valence-corrected chi connectivity index (χ1v) is 8.47. The Hall–Kier alpha value is -0.540. The molecule has 5 nitrogen and oxygen atoms in total. The van der Waals surface area contributed by atoms with E-state index in [2.05, 4.69) is 15.9 Å². The van der Waals surface area contributed by atoms with Gasteiger partial charge in [-0.2, -0.15) is 4.31 Å². The molecule has 1 aliphatic heterocycles. The molecular weight excluding hydrogens is 351 g/mol. The van der Waals surface area contributed by atoms with Crippen LogP contribution in [0.5, 0.6) is 0 Å². The van der Waals surface area contributed by atoms with Crippen LogP contribution in [0.2, 0.25) is 0 Å². The van der Waals surface area contributed by atoms with Crippen LogP contribution < -0.4 is 0 Å². The summed E-state index contributed by atoms with van der Waals surface area (Å²) in [4.78, 5) is 2.08. The first-order chi connectivity index (χ1) is 9.45. The van der Waals surface area contributed by atoms with Gasteiger partial charge in [-0.1, -0.05) is 0 Å². The van der Waals surface area contributed by atoms with Gasteiger partial charge in [0.25, 0.3) is 0 Å². The minimum atomic E-state index is -3.62. The minimum Gasteiger partial charge on any atom is -0.395 e. The molecule has 1 N–H and O–H groups in total. The smallest absolute Gasteiger partial charge is 0.244 e. The Morgan fingerprint density at radius 1 is 1.25 bits per heavy atom. The van der Waals surface area contributed by atoms with Gasteiger partial charge in [0, 0.05) is 37.2 Å². The Kier molecular flexibility index (Phi) is 5.14. The average molecular weight is 367 g/mol. The largest absolute Gasteiger partial charge is 0.395 e. The molecule has 0 radical (unpaired) electrons. The lowest BCUT2D eigenvalue weighted by atomic mass is 10.3. The minimum absolute atomic E-state index is 0.0657. The standard InChI is InChI=1S/C12H16BrFN2O3S/c13-11-9-10(14)1-2-12(11)20(18,19)16-5-3-15(4-6-16)7-8-17/h1-2,9,17H,3-8H2. The maximum Gasteiger partial charge on any atom is 0.244 e. The van der Waals surface area contributed by atoms with E-state index in [1.807, 2.05) is 4.90 Å². The highest BCUT2D eigenvalue weighted by atomic mass is 79.9. The zero-order valence-electron chi connectivity index (χ0n) is 10.8. The van der Waals surface area contributed by atoms with E-state index in [1.165, 1.54) is 10.4 Å². The molecule has 1 fully saturated rings. The number of benzene rings is 1. The molecule has 0 unspecified atom stereocenters. The van der Waals surface area contributed by atoms with Crippen molar-refractivity contribution in [2.24, 2.45) is 0 Å². The number of piperazine rings is 1. The monoisotopic (exact) mass is 366 g/mol. The van der Waals surface area contributed by atoms with Gasteiger partial charge in [0.1, 0.15) is 5.82 Å². The molecular formula is C12H16BrFN2O3S. The molecule has 0 aromatic heterocycles. The van der Waals surface area contributed by atoms with E-state index in [-0.39, 0.29) is 16.0 Å². The van der Waals surface area contributed by atoms with Crippen LogP contribution >= 0.6 is 15.9 Å². The quantitative estimate of drug-likeness (QED) is 0.859. The highest BCUT2D eigenvalue weighted by Crippen LogP contribution is 2.26. The van der Waals surface area contributed by atoms with Gasteiger partial charge in [-0.3, -0.25) is 4.90 Å². The Bertz CT molecular complexity index is 574. The summed E-state index contributed by atoms with van der Waals surface area (Å²) in [5.41, 5.74) is 0. The van der Waals surface area contributed by atoms with Crippen LogP contribution in [0, 0.1) is 5.82 Å². The first-order valence-electron chi connectivity index (χ1n) is 6.23. The number of aliphatic hydroxyl groups is 1. The molecule has 2 rings (SSSR count). The van der Waals surface area contributed by atoms with Gasteiger partial charge in [-0.05, 0) is 34.1 Å². The lowest BCUT2D eigenvalue weighted by Crippen LogP contribution is -2.49. The SMILES string of the molecule is O=S(=O)(c1ccc(F)cc1Br)N1CCN(CCO)CC1. The summed E-state index contributed by atoms with van der Waals surface area (Å²) in [7, 11) is -3.62. The second-order valence-corrected chi connectivity index (χ2v) is 7.30. The van der Waals surface area contributed by atoms with Gasteiger partial charge in [0.05, 0.1) is 11.5 Å². The van der Waals surface area contributed by atoms with Crippen LogP contribution in [0.15, 0.2) is 27.6 Å². The van der Waals surface area contributed by atoms with E-state index in [4.69, 9.17) is 5.11 Å². The van der Waals surface area contributed by atoms with Crippen molar-refractivity contribution < 1.29 is 17.9 Å². The molecule has 8 heteroatoms. The zero-order valence-corrected chi connectivity index (χ0v) is 13.2. The van der Waals surface area contributed by atoms with Crippen molar-refractivity contribution >= 4 is 26.0 Å². The number of aliphatic hydroxyl groups excluding tert-OH is 1. The van der Waals surface area contributed by atoms with Crippen LogP contribution in [-0.4, -0.2) is 62.1 Å². The number of nitrogens with zero attached hydrogens (tertiary/aromatic N) is 2. The van der Waals surface area contributed by atoms with Gasteiger partial charge < -0.3 is 5.11 Å². The summed E-state index contributed by atoms with van der Waals surface area (Å²) in [6, 6.07) is 3.56. The number of halogens is 2. The van der Waals surface area contributed by atoms with Gasteiger partial charge >= 0.3 is 0 Å². The number of hydrogen-bond donors (Lipinski definition) is 1. The second-order valence-electron chi connectivity index (χ2n) is 4.54. The first kappa shape index (κ1) is 15.8. The van der Waals surface area contributed by atoms with Crippen molar-refractivity contribution in [1.29, 1.82) is 0 Å². The molecule has 1 aromatic rings. The molecule has 0 atom stereocenters. The summed E-state index contributed by atoms with van der Waals surface area (Å²) in [6.07, 6.45) is 0. The highest BCUT2D eigenvalue weighted by Gasteiger charge is 2.29. The Morgan fingerprint density at radius 2 is 1.90 bits per heavy atom. The third-order valence-electron chi connectivity index (χ3n) is 3.26. The predicted molar refractivity (Wildman–Crippen MR) is 76.4 cm³/mol. The van der Waals surface area contributed by atoms with Crippen LogP contribution in [0.3, 0.4) is 0 Å². The van der Waals surface area contributed by atoms with Crippen LogP contribution in [0.1, 0.15) is 0 Å². The lowest BCUT2D eigenvalue weighted by molar-refractivity contribution is 0.151. The number of β-amino-alcohol motifs (C(OH)–C–C–N with tert-alkyl or cyclic N) is 1. The molecule has 0 amide bonds. The molecule has 1 saturated heterocycles. The summed E-state index contributed by atoms with van der Waals surface area (Å²) in [5.74, 6) is -0.483. The summed E-state index contributed by atoms with van der Waals surface area (Å²) < 4.78 is 39.6. The number of rotatable bonds is 4. The van der Waals surface area contributed by atoms with E-state index >= 15 is 0 Å². The van der Waals surface area contributed by atoms with Crippen LogP contribution in [0.25, 0.3) is 0 Å². The number of sulfonamides is 1. The zero-order chi connectivity index (χ0) is 14.8. The molecule has 1 aromatic carbocycles. The van der Waals surface area contributed by atoms with Gasteiger partial charge in [0.2, 0.25) is 10.0 Å². The summed E-state index contributed by atoms with van der Waals surface area (Å²) in [5, 5.41) is 8.87. The Balaban J connectivity index is 2.15. The lowest BCUT2D eigenvalue weighted by Gasteiger charge is -2.33. The maximum absolute atomic E-state index is 13.0. The van der Waals surface area contributed by atoms with Crippen molar-refractivity contribution in [3.8, 4) is 0 Å². The van der Waals surface area contributed by atoms with Crippen LogP contribution in [0.4, 0.5) is 4.39 Å². The van der Waals surface area contributed by atoms with Crippen molar-refractivity contribution in [3.63, 3.8) is 0 Å². The fourth-order valence-corrected chi connectivity index (χ4v) is 4.59. The van der Waals surface area contributed by atoms with Crippen molar-refractivity contribution in [1.82, 2.24) is 9.21 Å². The van der Waals surface area contributed by atoms with E-state index in [0.29, 0.717) is 32.7 Å². The van der Waals surface area contributed by atoms with Gasteiger partial charge in [0.15, 0.2) is 0 Å². The average Bonchev–Trinajstić information content (AvgIpc) is 2.39. The van der Waals surface area contributed by atoms with E-state index < -0.39 is 15.8 Å². The normalized spacial score (nSPS) is 18.4. The van der Waals surface area contributed by atoms with Gasteiger partial charge in [-0.15, -0.1) is 0 Å². The van der Waals surface area contributed by atoms with Crippen molar-refractivity contribution in [2.45, 2.75) is 4.90 Å². The highest BCUT2D eigenvalue weighted by molar-refractivity contribution is 9.10. The van der Waals surface area contributed by atoms with Crippen LogP contribution in [-0.2, 0) is 10.0 Å². The molecule has 1 aliphatic rings. The van der Waals surface area contributed by atoms with E-state index in [1.54, 1.807) is 0 Å². The fourth-order valence-electron chi connectivity index (χ4n) is 2.16. The Labute approximate surface area is 126 Å². The molecule has 0 aliphatic carbocycles. The van der Waals surface area contributed by atoms with E-state index in [9.17, 15) is 12.8 Å². The third-order valence-corrected chi connectivity index (χ3v) is 6.13.